The Balaban J connectivity index is 1.74. The monoisotopic (exact) mass is 351 g/mol. The topological polar surface area (TPSA) is 103 Å². The molecule has 0 spiro atoms. The standard InChI is InChI=1S/C12H14BrN7O/c1-6-10(13)12(16-7(2)15-6)19-3-8(4-19)20-5-9(11(14)21)17-18-20/h5,8H,3-4H2,1-2H3,(H2,14,21). The van der Waals surface area contributed by atoms with E-state index in [1.807, 2.05) is 13.8 Å². The van der Waals surface area contributed by atoms with Crippen LogP contribution >= 0.6 is 15.9 Å². The first kappa shape index (κ1) is 13.9. The van der Waals surface area contributed by atoms with E-state index in [-0.39, 0.29) is 11.7 Å². The Hall–Kier alpha value is -2.03. The smallest absolute Gasteiger partial charge is 0.270 e. The van der Waals surface area contributed by atoms with Crippen LogP contribution in [0.4, 0.5) is 5.82 Å². The summed E-state index contributed by atoms with van der Waals surface area (Å²) in [7, 11) is 0. The number of amides is 1. The van der Waals surface area contributed by atoms with Crippen LogP contribution in [0.25, 0.3) is 0 Å². The molecule has 8 nitrogen and oxygen atoms in total. The van der Waals surface area contributed by atoms with Gasteiger partial charge in [-0.3, -0.25) is 4.79 Å². The van der Waals surface area contributed by atoms with Gasteiger partial charge in [-0.25, -0.2) is 14.6 Å². The Morgan fingerprint density at radius 2 is 2.10 bits per heavy atom. The zero-order valence-corrected chi connectivity index (χ0v) is 13.2. The predicted molar refractivity (Wildman–Crippen MR) is 79.0 cm³/mol. The summed E-state index contributed by atoms with van der Waals surface area (Å²) in [6.07, 6.45) is 1.58. The highest BCUT2D eigenvalue weighted by atomic mass is 79.9. The lowest BCUT2D eigenvalue weighted by Crippen LogP contribution is -2.48. The van der Waals surface area contributed by atoms with Gasteiger partial charge in [-0.05, 0) is 29.8 Å². The first-order valence-corrected chi connectivity index (χ1v) is 7.22. The average molecular weight is 352 g/mol. The van der Waals surface area contributed by atoms with Crippen molar-refractivity contribution in [3.63, 3.8) is 0 Å². The lowest BCUT2D eigenvalue weighted by atomic mass is 10.1. The Morgan fingerprint density at radius 3 is 2.71 bits per heavy atom. The fourth-order valence-electron chi connectivity index (χ4n) is 2.25. The molecule has 0 bridgehead atoms. The van der Waals surface area contributed by atoms with Crippen molar-refractivity contribution < 1.29 is 4.79 Å². The van der Waals surface area contributed by atoms with Crippen molar-refractivity contribution in [2.45, 2.75) is 19.9 Å². The van der Waals surface area contributed by atoms with Crippen LogP contribution in [0.2, 0.25) is 0 Å². The molecule has 3 heterocycles. The molecule has 3 rings (SSSR count). The predicted octanol–water partition coefficient (Wildman–Crippen LogP) is 0.608. The van der Waals surface area contributed by atoms with E-state index in [0.717, 1.165) is 34.9 Å². The van der Waals surface area contributed by atoms with E-state index >= 15 is 0 Å². The molecule has 0 atom stereocenters. The SMILES string of the molecule is Cc1nc(C)c(Br)c(N2CC(n3cc(C(N)=O)nn3)C2)n1. The maximum absolute atomic E-state index is 11.0. The molecule has 1 amide bonds. The summed E-state index contributed by atoms with van der Waals surface area (Å²) in [5.41, 5.74) is 6.27. The van der Waals surface area contributed by atoms with Crippen LogP contribution in [0, 0.1) is 13.8 Å². The van der Waals surface area contributed by atoms with Crippen molar-refractivity contribution in [2.24, 2.45) is 5.73 Å². The molecule has 0 aliphatic carbocycles. The number of halogens is 1. The van der Waals surface area contributed by atoms with E-state index in [0.29, 0.717) is 0 Å². The number of primary amides is 1. The summed E-state index contributed by atoms with van der Waals surface area (Å²) in [5, 5.41) is 7.69. The van der Waals surface area contributed by atoms with Crippen molar-refractivity contribution in [2.75, 3.05) is 18.0 Å². The minimum atomic E-state index is -0.567. The average Bonchev–Trinajstić information content (AvgIpc) is 2.82. The Labute approximate surface area is 129 Å². The maximum Gasteiger partial charge on any atom is 0.270 e. The number of nitrogens with zero attached hydrogens (tertiary/aromatic N) is 6. The fourth-order valence-corrected chi connectivity index (χ4v) is 2.68. The summed E-state index contributed by atoms with van der Waals surface area (Å²) in [6, 6.07) is 0.160. The van der Waals surface area contributed by atoms with Crippen LogP contribution in [0.15, 0.2) is 10.7 Å². The molecule has 0 saturated carbocycles. The molecule has 110 valence electrons. The van der Waals surface area contributed by atoms with Crippen LogP contribution in [-0.2, 0) is 0 Å². The molecule has 0 aromatic carbocycles. The zero-order chi connectivity index (χ0) is 15.1. The number of aromatic nitrogens is 5. The molecule has 1 aliphatic rings. The third-order valence-electron chi connectivity index (χ3n) is 3.41. The maximum atomic E-state index is 11.0. The van der Waals surface area contributed by atoms with Crippen LogP contribution in [-0.4, -0.2) is 44.0 Å². The number of hydrogen-bond donors (Lipinski definition) is 1. The summed E-state index contributed by atoms with van der Waals surface area (Å²) in [5.74, 6) is 1.06. The largest absolute Gasteiger partial charge is 0.364 e. The summed E-state index contributed by atoms with van der Waals surface area (Å²) < 4.78 is 2.58. The van der Waals surface area contributed by atoms with Crippen molar-refractivity contribution >= 4 is 27.7 Å². The molecule has 2 aromatic heterocycles. The van der Waals surface area contributed by atoms with E-state index in [9.17, 15) is 4.79 Å². The molecule has 9 heteroatoms. The quantitative estimate of drug-likeness (QED) is 0.868. The molecule has 21 heavy (non-hydrogen) atoms. The van der Waals surface area contributed by atoms with Crippen LogP contribution in [0.3, 0.4) is 0 Å². The highest BCUT2D eigenvalue weighted by Gasteiger charge is 2.32. The van der Waals surface area contributed by atoms with E-state index < -0.39 is 5.91 Å². The number of aryl methyl sites for hydroxylation is 2. The summed E-state index contributed by atoms with van der Waals surface area (Å²) in [6.45, 7) is 5.30. The Kier molecular flexibility index (Phi) is 3.36. The second-order valence-corrected chi connectivity index (χ2v) is 5.79. The van der Waals surface area contributed by atoms with Gasteiger partial charge in [0, 0.05) is 13.1 Å². The van der Waals surface area contributed by atoms with E-state index in [1.54, 1.807) is 10.9 Å². The molecular formula is C12H14BrN7O. The molecule has 0 radical (unpaired) electrons. The number of carbonyl (C=O) groups is 1. The van der Waals surface area contributed by atoms with Crippen molar-refractivity contribution in [3.05, 3.63) is 27.9 Å². The van der Waals surface area contributed by atoms with Gasteiger partial charge < -0.3 is 10.6 Å². The number of hydrogen-bond acceptors (Lipinski definition) is 6. The lowest BCUT2D eigenvalue weighted by molar-refractivity contribution is 0.0995. The lowest BCUT2D eigenvalue weighted by Gasteiger charge is -2.40. The zero-order valence-electron chi connectivity index (χ0n) is 11.6. The second kappa shape index (κ2) is 5.06. The third kappa shape index (κ3) is 2.48. The molecule has 1 fully saturated rings. The number of nitrogens with two attached hydrogens (primary N) is 1. The van der Waals surface area contributed by atoms with Crippen LogP contribution < -0.4 is 10.6 Å². The number of carbonyl (C=O) groups excluding carboxylic acids is 1. The van der Waals surface area contributed by atoms with Crippen LogP contribution in [0.1, 0.15) is 28.0 Å². The highest BCUT2D eigenvalue weighted by molar-refractivity contribution is 9.10. The Bertz CT molecular complexity index is 708. The van der Waals surface area contributed by atoms with E-state index in [2.05, 4.69) is 41.1 Å². The van der Waals surface area contributed by atoms with E-state index in [1.165, 1.54) is 0 Å². The normalized spacial score (nSPS) is 15.1. The second-order valence-electron chi connectivity index (χ2n) is 5.00. The van der Waals surface area contributed by atoms with Crippen molar-refractivity contribution in [3.8, 4) is 0 Å². The molecule has 1 saturated heterocycles. The minimum absolute atomic E-state index is 0.160. The fraction of sp³-hybridized carbons (Fsp3) is 0.417. The minimum Gasteiger partial charge on any atom is -0.364 e. The number of anilines is 1. The van der Waals surface area contributed by atoms with Gasteiger partial charge in [0.2, 0.25) is 0 Å². The first-order chi connectivity index (χ1) is 9.95. The van der Waals surface area contributed by atoms with Gasteiger partial charge >= 0.3 is 0 Å². The van der Waals surface area contributed by atoms with Gasteiger partial charge in [0.15, 0.2) is 5.69 Å². The molecule has 1 aliphatic heterocycles. The van der Waals surface area contributed by atoms with Gasteiger partial charge in [0.1, 0.15) is 11.6 Å². The van der Waals surface area contributed by atoms with Gasteiger partial charge in [-0.15, -0.1) is 5.10 Å². The van der Waals surface area contributed by atoms with Crippen molar-refractivity contribution in [1.82, 2.24) is 25.0 Å². The van der Waals surface area contributed by atoms with Gasteiger partial charge in [0.25, 0.3) is 5.91 Å². The van der Waals surface area contributed by atoms with E-state index in [4.69, 9.17) is 5.73 Å². The van der Waals surface area contributed by atoms with Gasteiger partial charge in [-0.1, -0.05) is 5.21 Å². The third-order valence-corrected chi connectivity index (χ3v) is 4.34. The summed E-state index contributed by atoms with van der Waals surface area (Å²) >= 11 is 3.53. The highest BCUT2D eigenvalue weighted by Crippen LogP contribution is 2.32. The number of rotatable bonds is 3. The van der Waals surface area contributed by atoms with Gasteiger partial charge in [-0.2, -0.15) is 0 Å². The van der Waals surface area contributed by atoms with Crippen LogP contribution in [0.5, 0.6) is 0 Å². The molecular weight excluding hydrogens is 338 g/mol. The summed E-state index contributed by atoms with van der Waals surface area (Å²) in [4.78, 5) is 21.9. The first-order valence-electron chi connectivity index (χ1n) is 6.43. The molecule has 2 aromatic rings. The van der Waals surface area contributed by atoms with Crippen molar-refractivity contribution in [1.29, 1.82) is 0 Å². The Morgan fingerprint density at radius 1 is 1.38 bits per heavy atom. The molecule has 2 N–H and O–H groups in total. The van der Waals surface area contributed by atoms with Gasteiger partial charge in [0.05, 0.1) is 22.4 Å². The molecule has 0 unspecified atom stereocenters.